The van der Waals surface area contributed by atoms with Gasteiger partial charge in [-0.25, -0.2) is 4.79 Å². The van der Waals surface area contributed by atoms with Crippen LogP contribution in [0.3, 0.4) is 0 Å². The lowest BCUT2D eigenvalue weighted by molar-refractivity contribution is 0.240. The minimum absolute atomic E-state index is 0.0902. The summed E-state index contributed by atoms with van der Waals surface area (Å²) >= 11 is 1.58. The van der Waals surface area contributed by atoms with Crippen LogP contribution in [0.15, 0.2) is 11.4 Å². The normalized spacial score (nSPS) is 13.6. The van der Waals surface area contributed by atoms with E-state index in [2.05, 4.69) is 22.5 Å². The highest BCUT2D eigenvalue weighted by Gasteiger charge is 2.22. The first-order valence-electron chi connectivity index (χ1n) is 5.99. The lowest BCUT2D eigenvalue weighted by Crippen LogP contribution is -2.36. The maximum absolute atomic E-state index is 11.4. The Hall–Kier alpha value is -1.51. The van der Waals surface area contributed by atoms with Gasteiger partial charge in [0, 0.05) is 28.3 Å². The fourth-order valence-corrected chi connectivity index (χ4v) is 2.15. The fraction of sp³-hybridized carbons (Fsp3) is 0.462. The van der Waals surface area contributed by atoms with E-state index in [1.54, 1.807) is 11.3 Å². The first-order valence-corrected chi connectivity index (χ1v) is 6.87. The van der Waals surface area contributed by atoms with E-state index in [-0.39, 0.29) is 12.6 Å². The molecule has 1 heterocycles. The second kappa shape index (κ2) is 6.43. The highest BCUT2D eigenvalue weighted by atomic mass is 32.1. The second-order valence-electron chi connectivity index (χ2n) is 4.18. The van der Waals surface area contributed by atoms with Crippen LogP contribution in [0, 0.1) is 11.8 Å². The second-order valence-corrected chi connectivity index (χ2v) is 5.17. The molecule has 0 atom stereocenters. The Labute approximate surface area is 110 Å². The Bertz CT molecular complexity index is 469. The van der Waals surface area contributed by atoms with E-state index in [1.807, 2.05) is 11.4 Å². The third-order valence-corrected chi connectivity index (χ3v) is 3.40. The summed E-state index contributed by atoms with van der Waals surface area (Å²) in [6, 6.07) is 2.25. The number of aliphatic hydroxyl groups excluding tert-OH is 1. The fourth-order valence-electron chi connectivity index (χ4n) is 1.39. The Balaban J connectivity index is 1.75. The van der Waals surface area contributed by atoms with Gasteiger partial charge in [-0.05, 0) is 18.9 Å². The van der Waals surface area contributed by atoms with Crippen molar-refractivity contribution in [3.63, 3.8) is 0 Å². The summed E-state index contributed by atoms with van der Waals surface area (Å²) in [4.78, 5) is 12.5. The maximum Gasteiger partial charge on any atom is 0.315 e. The van der Waals surface area contributed by atoms with Crippen LogP contribution >= 0.6 is 11.3 Å². The molecular formula is C13H16N2O2S. The van der Waals surface area contributed by atoms with Gasteiger partial charge < -0.3 is 15.7 Å². The summed E-state index contributed by atoms with van der Waals surface area (Å²) in [5, 5.41) is 16.3. The molecule has 1 aromatic rings. The maximum atomic E-state index is 11.4. The van der Waals surface area contributed by atoms with Crippen LogP contribution in [-0.4, -0.2) is 23.8 Å². The molecule has 1 fully saturated rings. The number of amides is 2. The Morgan fingerprint density at radius 1 is 1.56 bits per heavy atom. The molecule has 4 nitrogen and oxygen atoms in total. The van der Waals surface area contributed by atoms with Crippen molar-refractivity contribution in [1.82, 2.24) is 10.6 Å². The number of hydrogen-bond acceptors (Lipinski definition) is 3. The van der Waals surface area contributed by atoms with Gasteiger partial charge in [0.2, 0.25) is 0 Å². The van der Waals surface area contributed by atoms with Gasteiger partial charge in [-0.1, -0.05) is 11.8 Å². The Kier molecular flexibility index (Phi) is 4.62. The minimum atomic E-state index is -0.0983. The lowest BCUT2D eigenvalue weighted by Gasteiger charge is -2.04. The van der Waals surface area contributed by atoms with Crippen molar-refractivity contribution in [2.24, 2.45) is 0 Å². The van der Waals surface area contributed by atoms with Gasteiger partial charge in [-0.2, -0.15) is 0 Å². The van der Waals surface area contributed by atoms with Crippen LogP contribution in [0.4, 0.5) is 4.79 Å². The van der Waals surface area contributed by atoms with E-state index in [0.717, 1.165) is 23.3 Å². The van der Waals surface area contributed by atoms with Gasteiger partial charge >= 0.3 is 6.03 Å². The van der Waals surface area contributed by atoms with Crippen molar-refractivity contribution in [1.29, 1.82) is 0 Å². The largest absolute Gasteiger partial charge is 0.395 e. The highest BCUT2D eigenvalue weighted by molar-refractivity contribution is 7.10. The van der Waals surface area contributed by atoms with Gasteiger partial charge in [0.05, 0.1) is 13.2 Å². The van der Waals surface area contributed by atoms with Gasteiger partial charge in [0.1, 0.15) is 0 Å². The predicted molar refractivity (Wildman–Crippen MR) is 71.3 cm³/mol. The van der Waals surface area contributed by atoms with Crippen LogP contribution < -0.4 is 10.6 Å². The number of urea groups is 1. The van der Waals surface area contributed by atoms with E-state index in [9.17, 15) is 4.79 Å². The number of aliphatic hydroxyl groups is 1. The molecule has 2 amide bonds. The zero-order valence-electron chi connectivity index (χ0n) is 10.0. The third-order valence-electron chi connectivity index (χ3n) is 2.46. The summed E-state index contributed by atoms with van der Waals surface area (Å²) < 4.78 is 0. The molecule has 0 aromatic carbocycles. The number of thiophene rings is 1. The average Bonchev–Trinajstić information content (AvgIpc) is 3.05. The number of rotatable bonds is 4. The van der Waals surface area contributed by atoms with Crippen LogP contribution in [0.1, 0.15) is 29.7 Å². The van der Waals surface area contributed by atoms with Crippen molar-refractivity contribution in [2.75, 3.05) is 6.61 Å². The van der Waals surface area contributed by atoms with E-state index < -0.39 is 0 Å². The predicted octanol–water partition coefficient (Wildman–Crippen LogP) is 1.44. The van der Waals surface area contributed by atoms with Gasteiger partial charge in [0.25, 0.3) is 0 Å². The summed E-state index contributed by atoms with van der Waals surface area (Å²) in [5.74, 6) is 5.84. The molecule has 1 aromatic heterocycles. The minimum Gasteiger partial charge on any atom is -0.395 e. The monoisotopic (exact) mass is 264 g/mol. The van der Waals surface area contributed by atoms with Crippen LogP contribution in [0.2, 0.25) is 0 Å². The molecule has 1 aliphatic carbocycles. The van der Waals surface area contributed by atoms with Crippen molar-refractivity contribution in [2.45, 2.75) is 31.8 Å². The molecule has 0 radical (unpaired) electrons. The van der Waals surface area contributed by atoms with Crippen molar-refractivity contribution in [3.8, 4) is 11.8 Å². The molecule has 0 bridgehead atoms. The zero-order chi connectivity index (χ0) is 12.8. The van der Waals surface area contributed by atoms with E-state index in [0.29, 0.717) is 19.0 Å². The summed E-state index contributed by atoms with van der Waals surface area (Å²) in [6.07, 6.45) is 2.68. The molecule has 1 saturated carbocycles. The Morgan fingerprint density at radius 2 is 2.39 bits per heavy atom. The summed E-state index contributed by atoms with van der Waals surface area (Å²) in [6.45, 7) is 0.623. The van der Waals surface area contributed by atoms with Crippen LogP contribution in [-0.2, 0) is 6.54 Å². The molecular weight excluding hydrogens is 248 g/mol. The topological polar surface area (TPSA) is 61.4 Å². The summed E-state index contributed by atoms with van der Waals surface area (Å²) in [5.41, 5.74) is 0.938. The third kappa shape index (κ3) is 4.40. The zero-order valence-corrected chi connectivity index (χ0v) is 10.8. The molecule has 3 N–H and O–H groups in total. The smallest absolute Gasteiger partial charge is 0.315 e. The van der Waals surface area contributed by atoms with E-state index in [1.165, 1.54) is 0 Å². The van der Waals surface area contributed by atoms with Gasteiger partial charge in [-0.15, -0.1) is 11.3 Å². The van der Waals surface area contributed by atoms with E-state index >= 15 is 0 Å². The molecule has 18 heavy (non-hydrogen) atoms. The van der Waals surface area contributed by atoms with Gasteiger partial charge in [-0.3, -0.25) is 0 Å². The van der Waals surface area contributed by atoms with E-state index in [4.69, 9.17) is 5.11 Å². The first kappa shape index (κ1) is 12.9. The molecule has 0 saturated heterocycles. The first-order chi connectivity index (χ1) is 8.78. The molecule has 1 aliphatic rings. The number of nitrogens with one attached hydrogen (secondary N) is 2. The Morgan fingerprint density at radius 3 is 3.11 bits per heavy atom. The highest BCUT2D eigenvalue weighted by Crippen LogP contribution is 2.18. The molecule has 2 rings (SSSR count). The van der Waals surface area contributed by atoms with Crippen molar-refractivity contribution >= 4 is 17.4 Å². The molecule has 96 valence electrons. The quantitative estimate of drug-likeness (QED) is 0.721. The molecule has 0 spiro atoms. The molecule has 0 unspecified atom stereocenters. The number of hydrogen-bond donors (Lipinski definition) is 3. The average molecular weight is 264 g/mol. The number of carbonyl (C=O) groups excluding carboxylic acids is 1. The van der Waals surface area contributed by atoms with Crippen LogP contribution in [0.5, 0.6) is 0 Å². The molecule has 5 heteroatoms. The molecule has 0 aliphatic heterocycles. The number of carbonyl (C=O) groups is 1. The van der Waals surface area contributed by atoms with Crippen molar-refractivity contribution < 1.29 is 9.90 Å². The standard InChI is InChI=1S/C13H16N2O2S/c16-6-2-1-3-10-7-12(18-9-10)8-14-13(17)15-11-4-5-11/h7,9,11,16H,2,4-6,8H2,(H2,14,15,17). The summed E-state index contributed by atoms with van der Waals surface area (Å²) in [7, 11) is 0. The van der Waals surface area contributed by atoms with Crippen LogP contribution in [0.25, 0.3) is 0 Å². The van der Waals surface area contributed by atoms with Crippen molar-refractivity contribution in [3.05, 3.63) is 21.9 Å². The SMILES string of the molecule is O=C(NCc1cc(C#CCCO)cs1)NC1CC1. The lowest BCUT2D eigenvalue weighted by atomic mass is 10.3. The van der Waals surface area contributed by atoms with Gasteiger partial charge in [0.15, 0.2) is 0 Å².